The molecule has 0 aromatic carbocycles. The minimum absolute atomic E-state index is 0.00622. The summed E-state index contributed by atoms with van der Waals surface area (Å²) in [6.07, 6.45) is 12.0. The lowest BCUT2D eigenvalue weighted by Gasteiger charge is -2.35. The molecule has 1 amide bonds. The highest BCUT2D eigenvalue weighted by Gasteiger charge is 2.36. The summed E-state index contributed by atoms with van der Waals surface area (Å²) >= 11 is 0. The molecule has 1 aliphatic heterocycles. The number of nitrogens with zero attached hydrogens (tertiary/aromatic N) is 1. The first-order valence-corrected chi connectivity index (χ1v) is 7.28. The molecule has 5 heteroatoms. The molecule has 2 atom stereocenters. The number of carbonyl (C=O) groups excluding carboxylic acids is 1. The Labute approximate surface area is 120 Å². The maximum Gasteiger partial charge on any atom is 0.239 e. The van der Waals surface area contributed by atoms with Crippen molar-refractivity contribution in [3.05, 3.63) is 24.3 Å². The number of likely N-dealkylation sites (tertiary alicyclic amines) is 1. The molecule has 1 fully saturated rings. The van der Waals surface area contributed by atoms with Gasteiger partial charge in [0.05, 0.1) is 11.5 Å². The summed E-state index contributed by atoms with van der Waals surface area (Å²) in [5.74, 6) is 0.0771. The third kappa shape index (κ3) is 3.10. The average molecular weight is 276 g/mol. The predicted octanol–water partition coefficient (Wildman–Crippen LogP) is 1.15. The zero-order valence-corrected chi connectivity index (χ0v) is 11.8. The van der Waals surface area contributed by atoms with Crippen LogP contribution in [-0.4, -0.2) is 35.8 Å². The molecule has 1 heterocycles. The summed E-state index contributed by atoms with van der Waals surface area (Å²) < 4.78 is 0. The Morgan fingerprint density at radius 1 is 1.30 bits per heavy atom. The Hall–Kier alpha value is -1.62. The summed E-state index contributed by atoms with van der Waals surface area (Å²) in [4.78, 5) is 14.2. The smallest absolute Gasteiger partial charge is 0.239 e. The van der Waals surface area contributed by atoms with Crippen LogP contribution in [0.25, 0.3) is 0 Å². The summed E-state index contributed by atoms with van der Waals surface area (Å²) in [6, 6.07) is -0.590. The van der Waals surface area contributed by atoms with E-state index in [9.17, 15) is 4.79 Å². The van der Waals surface area contributed by atoms with E-state index in [1.54, 1.807) is 0 Å². The van der Waals surface area contributed by atoms with Crippen LogP contribution in [0.15, 0.2) is 24.3 Å². The molecule has 5 N–H and O–H groups in total. The summed E-state index contributed by atoms with van der Waals surface area (Å²) in [5.41, 5.74) is 11.2. The molecule has 0 aromatic rings. The van der Waals surface area contributed by atoms with Gasteiger partial charge in [0, 0.05) is 13.1 Å². The Morgan fingerprint density at radius 3 is 2.55 bits per heavy atom. The second-order valence-corrected chi connectivity index (χ2v) is 5.76. The van der Waals surface area contributed by atoms with Gasteiger partial charge in [0.25, 0.3) is 0 Å². The van der Waals surface area contributed by atoms with E-state index in [1.807, 2.05) is 29.2 Å². The normalized spacial score (nSPS) is 27.4. The number of piperidine rings is 1. The molecule has 1 saturated heterocycles. The number of amides is 1. The van der Waals surface area contributed by atoms with Gasteiger partial charge in [-0.3, -0.25) is 10.2 Å². The molecule has 20 heavy (non-hydrogen) atoms. The van der Waals surface area contributed by atoms with Crippen LogP contribution in [0.5, 0.6) is 0 Å². The van der Waals surface area contributed by atoms with E-state index in [4.69, 9.17) is 16.9 Å². The van der Waals surface area contributed by atoms with Gasteiger partial charge in [-0.05, 0) is 32.1 Å². The van der Waals surface area contributed by atoms with E-state index in [-0.39, 0.29) is 11.7 Å². The molecule has 0 radical (unpaired) electrons. The maximum atomic E-state index is 12.4. The van der Waals surface area contributed by atoms with E-state index < -0.39 is 11.5 Å². The number of amidine groups is 1. The van der Waals surface area contributed by atoms with Crippen LogP contribution in [0, 0.1) is 10.8 Å². The average Bonchev–Trinajstić information content (AvgIpc) is 2.48. The topological polar surface area (TPSA) is 96.2 Å². The van der Waals surface area contributed by atoms with Crippen molar-refractivity contribution in [1.29, 1.82) is 5.41 Å². The SMILES string of the molecule is N=C(N)C1(C[C@H](N)C(=O)N2CCCCC2)C=CC=CC1. The van der Waals surface area contributed by atoms with Gasteiger partial charge in [0.1, 0.15) is 5.84 Å². The number of nitrogens with one attached hydrogen (secondary N) is 1. The van der Waals surface area contributed by atoms with Crippen molar-refractivity contribution in [2.24, 2.45) is 16.9 Å². The van der Waals surface area contributed by atoms with Gasteiger partial charge in [-0.25, -0.2) is 0 Å². The van der Waals surface area contributed by atoms with Crippen LogP contribution in [0.4, 0.5) is 0 Å². The highest BCUT2D eigenvalue weighted by atomic mass is 16.2. The second kappa shape index (κ2) is 6.22. The van der Waals surface area contributed by atoms with Gasteiger partial charge in [-0.2, -0.15) is 0 Å². The minimum atomic E-state index is -0.598. The van der Waals surface area contributed by atoms with Crippen LogP contribution in [-0.2, 0) is 4.79 Å². The summed E-state index contributed by atoms with van der Waals surface area (Å²) in [5, 5.41) is 7.83. The first kappa shape index (κ1) is 14.8. The molecule has 0 aromatic heterocycles. The van der Waals surface area contributed by atoms with Crippen molar-refractivity contribution in [3.63, 3.8) is 0 Å². The van der Waals surface area contributed by atoms with Gasteiger partial charge in [-0.15, -0.1) is 0 Å². The minimum Gasteiger partial charge on any atom is -0.387 e. The van der Waals surface area contributed by atoms with Crippen LogP contribution in [0.2, 0.25) is 0 Å². The fraction of sp³-hybridized carbons (Fsp3) is 0.600. The van der Waals surface area contributed by atoms with Crippen LogP contribution in [0.3, 0.4) is 0 Å². The molecule has 0 saturated carbocycles. The van der Waals surface area contributed by atoms with Crippen molar-refractivity contribution in [3.8, 4) is 0 Å². The molecule has 5 nitrogen and oxygen atoms in total. The molecule has 0 spiro atoms. The van der Waals surface area contributed by atoms with Crippen LogP contribution < -0.4 is 11.5 Å². The summed E-state index contributed by atoms with van der Waals surface area (Å²) in [7, 11) is 0. The number of carbonyl (C=O) groups is 1. The molecule has 1 unspecified atom stereocenters. The van der Waals surface area contributed by atoms with E-state index in [0.29, 0.717) is 12.8 Å². The molecule has 2 aliphatic rings. The van der Waals surface area contributed by atoms with Crippen LogP contribution in [0.1, 0.15) is 32.1 Å². The molecule has 110 valence electrons. The van der Waals surface area contributed by atoms with Crippen molar-refractivity contribution in [2.75, 3.05) is 13.1 Å². The first-order valence-electron chi connectivity index (χ1n) is 7.28. The lowest BCUT2D eigenvalue weighted by molar-refractivity contribution is -0.133. The van der Waals surface area contributed by atoms with Gasteiger partial charge < -0.3 is 16.4 Å². The molecule has 0 bridgehead atoms. The van der Waals surface area contributed by atoms with E-state index in [1.165, 1.54) is 6.42 Å². The Bertz CT molecular complexity index is 437. The Kier molecular flexibility index (Phi) is 4.60. The van der Waals surface area contributed by atoms with Crippen molar-refractivity contribution < 1.29 is 4.79 Å². The van der Waals surface area contributed by atoms with Crippen molar-refractivity contribution in [2.45, 2.75) is 38.1 Å². The van der Waals surface area contributed by atoms with Gasteiger partial charge in [0.2, 0.25) is 5.91 Å². The van der Waals surface area contributed by atoms with E-state index >= 15 is 0 Å². The first-order chi connectivity index (χ1) is 9.55. The fourth-order valence-electron chi connectivity index (χ4n) is 2.95. The third-order valence-electron chi connectivity index (χ3n) is 4.25. The van der Waals surface area contributed by atoms with E-state index in [0.717, 1.165) is 25.9 Å². The standard InChI is InChI=1S/C15H24N4O/c16-12(13(20)19-9-5-2-6-10-19)11-15(14(17)18)7-3-1-4-8-15/h1,3-4,7,12H,2,5-6,8-11,16H2,(H3,17,18)/t12-,15?/m0/s1. The Balaban J connectivity index is 2.03. The number of nitrogens with two attached hydrogens (primary N) is 2. The van der Waals surface area contributed by atoms with Gasteiger partial charge in [0.15, 0.2) is 0 Å². The lowest BCUT2D eigenvalue weighted by Crippen LogP contribution is -2.50. The van der Waals surface area contributed by atoms with Crippen LogP contribution >= 0.6 is 0 Å². The third-order valence-corrected chi connectivity index (χ3v) is 4.25. The quantitative estimate of drug-likeness (QED) is 0.531. The van der Waals surface area contributed by atoms with Gasteiger partial charge >= 0.3 is 0 Å². The van der Waals surface area contributed by atoms with Crippen molar-refractivity contribution in [1.82, 2.24) is 4.90 Å². The zero-order chi connectivity index (χ0) is 14.6. The monoisotopic (exact) mass is 276 g/mol. The van der Waals surface area contributed by atoms with Gasteiger partial charge in [-0.1, -0.05) is 24.3 Å². The molecule has 1 aliphatic carbocycles. The second-order valence-electron chi connectivity index (χ2n) is 5.76. The zero-order valence-electron chi connectivity index (χ0n) is 11.8. The highest BCUT2D eigenvalue weighted by Crippen LogP contribution is 2.33. The Morgan fingerprint density at radius 2 is 2.00 bits per heavy atom. The molecular formula is C15H24N4O. The number of allylic oxidation sites excluding steroid dienone is 3. The van der Waals surface area contributed by atoms with E-state index in [2.05, 4.69) is 0 Å². The summed E-state index contributed by atoms with van der Waals surface area (Å²) in [6.45, 7) is 1.60. The lowest BCUT2D eigenvalue weighted by atomic mass is 9.75. The fourth-order valence-corrected chi connectivity index (χ4v) is 2.95. The highest BCUT2D eigenvalue weighted by molar-refractivity contribution is 5.88. The van der Waals surface area contributed by atoms with Crippen molar-refractivity contribution >= 4 is 11.7 Å². The molecule has 2 rings (SSSR count). The molecular weight excluding hydrogens is 252 g/mol. The maximum absolute atomic E-state index is 12.4. The largest absolute Gasteiger partial charge is 0.387 e. The number of hydrogen-bond donors (Lipinski definition) is 3. The number of hydrogen-bond acceptors (Lipinski definition) is 3. The number of rotatable bonds is 4. The predicted molar refractivity (Wildman–Crippen MR) is 80.3 cm³/mol.